The minimum absolute atomic E-state index is 1.20. The van der Waals surface area contributed by atoms with Crippen molar-refractivity contribution >= 4 is 0 Å². The molecule has 136 valence electrons. The van der Waals surface area contributed by atoms with Gasteiger partial charge in [-0.1, -0.05) is 109 Å². The summed E-state index contributed by atoms with van der Waals surface area (Å²) >= 11 is 0. The van der Waals surface area contributed by atoms with E-state index in [0.29, 0.717) is 0 Å². The monoisotopic (exact) mass is 322 g/mol. The van der Waals surface area contributed by atoms with Crippen LogP contribution in [0.25, 0.3) is 0 Å². The summed E-state index contributed by atoms with van der Waals surface area (Å²) in [5, 5.41) is 0. The van der Waals surface area contributed by atoms with Crippen molar-refractivity contribution in [3.63, 3.8) is 0 Å². The Morgan fingerprint density at radius 3 is 1.43 bits per heavy atom. The highest BCUT2D eigenvalue weighted by molar-refractivity contribution is 4.99. The van der Waals surface area contributed by atoms with Gasteiger partial charge in [-0.05, 0) is 18.9 Å². The van der Waals surface area contributed by atoms with Gasteiger partial charge in [0.1, 0.15) is 0 Å². The van der Waals surface area contributed by atoms with Gasteiger partial charge in [-0.25, -0.2) is 0 Å². The molecule has 0 aliphatic rings. The molecule has 0 heterocycles. The molecule has 0 atom stereocenters. The van der Waals surface area contributed by atoms with Crippen LogP contribution in [-0.2, 0) is 4.74 Å². The van der Waals surface area contributed by atoms with Gasteiger partial charge < -0.3 is 4.74 Å². The zero-order valence-corrected chi connectivity index (χ0v) is 16.0. The molecule has 0 radical (unpaired) electrons. The highest BCUT2D eigenvalue weighted by atomic mass is 16.5. The van der Waals surface area contributed by atoms with E-state index in [2.05, 4.69) is 19.1 Å². The number of hydrogen-bond acceptors (Lipinski definition) is 1. The van der Waals surface area contributed by atoms with E-state index in [1.54, 1.807) is 13.4 Å². The summed E-state index contributed by atoms with van der Waals surface area (Å²) in [7, 11) is 1.68. The second kappa shape index (κ2) is 21.3. The summed E-state index contributed by atoms with van der Waals surface area (Å²) in [5.41, 5.74) is 0. The minimum Gasteiger partial charge on any atom is -0.504 e. The van der Waals surface area contributed by atoms with E-state index >= 15 is 0 Å². The first kappa shape index (κ1) is 22.3. The summed E-state index contributed by atoms with van der Waals surface area (Å²) < 4.78 is 4.84. The molecule has 0 amide bonds. The minimum atomic E-state index is 1.20. The van der Waals surface area contributed by atoms with Crippen LogP contribution < -0.4 is 0 Å². The van der Waals surface area contributed by atoms with Crippen molar-refractivity contribution in [3.05, 3.63) is 24.5 Å². The summed E-state index contributed by atoms with van der Waals surface area (Å²) in [6, 6.07) is 0. The lowest BCUT2D eigenvalue weighted by Crippen LogP contribution is -1.83. The second-order valence-corrected chi connectivity index (χ2v) is 6.73. The first-order valence-electron chi connectivity index (χ1n) is 10.3. The molecule has 0 N–H and O–H groups in total. The van der Waals surface area contributed by atoms with Gasteiger partial charge in [0.2, 0.25) is 0 Å². The molecule has 0 aliphatic heterocycles. The number of rotatable bonds is 18. The van der Waals surface area contributed by atoms with E-state index in [4.69, 9.17) is 4.74 Å². The molecular weight excluding hydrogens is 280 g/mol. The average Bonchev–Trinajstić information content (AvgIpc) is 2.57. The van der Waals surface area contributed by atoms with Gasteiger partial charge in [-0.2, -0.15) is 0 Å². The molecule has 0 aromatic carbocycles. The smallest absolute Gasteiger partial charge is 0.0824 e. The molecule has 23 heavy (non-hydrogen) atoms. The summed E-state index contributed by atoms with van der Waals surface area (Å²) in [4.78, 5) is 0. The highest BCUT2D eigenvalue weighted by Gasteiger charge is 1.93. The van der Waals surface area contributed by atoms with Crippen LogP contribution in [-0.4, -0.2) is 7.11 Å². The molecule has 0 aromatic heterocycles. The topological polar surface area (TPSA) is 9.23 Å². The van der Waals surface area contributed by atoms with Gasteiger partial charge in [0.25, 0.3) is 0 Å². The Bertz CT molecular complexity index is 255. The summed E-state index contributed by atoms with van der Waals surface area (Å²) in [6.07, 6.45) is 30.7. The standard InChI is InChI=1S/C22H42O/c1-3-4-5-6-7-8-9-10-11-12-13-14-15-16-17-18-19-20-21-22-23-2/h19-22H,3-18H2,1-2H3. The third kappa shape index (κ3) is 21.3. The Kier molecular flexibility index (Phi) is 20.6. The number of allylic oxidation sites excluding steroid dienone is 3. The second-order valence-electron chi connectivity index (χ2n) is 6.73. The normalized spacial score (nSPS) is 11.7. The molecule has 1 nitrogen and oxygen atoms in total. The van der Waals surface area contributed by atoms with Gasteiger partial charge in [-0.15, -0.1) is 0 Å². The van der Waals surface area contributed by atoms with Crippen molar-refractivity contribution in [2.24, 2.45) is 0 Å². The Hall–Kier alpha value is -0.720. The van der Waals surface area contributed by atoms with Gasteiger partial charge in [-0.3, -0.25) is 0 Å². The zero-order valence-electron chi connectivity index (χ0n) is 16.0. The largest absolute Gasteiger partial charge is 0.504 e. The molecule has 0 aromatic rings. The average molecular weight is 323 g/mol. The number of hydrogen-bond donors (Lipinski definition) is 0. The number of unbranched alkanes of at least 4 members (excludes halogenated alkanes) is 15. The van der Waals surface area contributed by atoms with Gasteiger partial charge in [0.05, 0.1) is 13.4 Å². The van der Waals surface area contributed by atoms with Crippen molar-refractivity contribution in [3.8, 4) is 0 Å². The van der Waals surface area contributed by atoms with Crippen molar-refractivity contribution in [1.82, 2.24) is 0 Å². The van der Waals surface area contributed by atoms with Crippen LogP contribution in [0, 0.1) is 0 Å². The van der Waals surface area contributed by atoms with E-state index < -0.39 is 0 Å². The molecule has 0 fully saturated rings. The van der Waals surface area contributed by atoms with Crippen molar-refractivity contribution in [2.75, 3.05) is 7.11 Å². The van der Waals surface area contributed by atoms with Gasteiger partial charge in [0.15, 0.2) is 0 Å². The van der Waals surface area contributed by atoms with Crippen LogP contribution in [0.15, 0.2) is 24.5 Å². The quantitative estimate of drug-likeness (QED) is 0.141. The van der Waals surface area contributed by atoms with Crippen molar-refractivity contribution < 1.29 is 4.74 Å². The maximum atomic E-state index is 4.84. The fraction of sp³-hybridized carbons (Fsp3) is 0.818. The first-order valence-corrected chi connectivity index (χ1v) is 10.3. The fourth-order valence-electron chi connectivity index (χ4n) is 2.93. The summed E-state index contributed by atoms with van der Waals surface area (Å²) in [5.74, 6) is 0. The predicted molar refractivity (Wildman–Crippen MR) is 105 cm³/mol. The molecule has 0 spiro atoms. The van der Waals surface area contributed by atoms with Crippen LogP contribution in [0.1, 0.15) is 110 Å². The van der Waals surface area contributed by atoms with Crippen molar-refractivity contribution in [1.29, 1.82) is 0 Å². The van der Waals surface area contributed by atoms with Crippen molar-refractivity contribution in [2.45, 2.75) is 110 Å². The van der Waals surface area contributed by atoms with E-state index in [9.17, 15) is 0 Å². The molecule has 0 rings (SSSR count). The Morgan fingerprint density at radius 2 is 1.00 bits per heavy atom. The molecular formula is C22H42O. The fourth-order valence-corrected chi connectivity index (χ4v) is 2.93. The van der Waals surface area contributed by atoms with Crippen LogP contribution in [0.4, 0.5) is 0 Å². The van der Waals surface area contributed by atoms with Gasteiger partial charge in [0, 0.05) is 0 Å². The lowest BCUT2D eigenvalue weighted by molar-refractivity contribution is 0.338. The third-order valence-electron chi connectivity index (χ3n) is 4.44. The van der Waals surface area contributed by atoms with Gasteiger partial charge >= 0.3 is 0 Å². The van der Waals surface area contributed by atoms with E-state index in [1.807, 2.05) is 6.08 Å². The SMILES string of the molecule is CCCCCCCCCCCCCCCCCC=CC=COC. The Balaban J connectivity index is 3.02. The molecule has 0 unspecified atom stereocenters. The van der Waals surface area contributed by atoms with Crippen LogP contribution in [0.5, 0.6) is 0 Å². The van der Waals surface area contributed by atoms with Crippen LogP contribution >= 0.6 is 0 Å². The van der Waals surface area contributed by atoms with E-state index in [0.717, 1.165) is 0 Å². The van der Waals surface area contributed by atoms with E-state index in [1.165, 1.54) is 103 Å². The number of ether oxygens (including phenoxy) is 1. The lowest BCUT2D eigenvalue weighted by atomic mass is 10.0. The molecule has 0 saturated heterocycles. The van der Waals surface area contributed by atoms with Crippen LogP contribution in [0.2, 0.25) is 0 Å². The maximum Gasteiger partial charge on any atom is 0.0824 e. The molecule has 0 saturated carbocycles. The Labute approximate surface area is 146 Å². The van der Waals surface area contributed by atoms with Crippen LogP contribution in [0.3, 0.4) is 0 Å². The lowest BCUT2D eigenvalue weighted by Gasteiger charge is -2.03. The van der Waals surface area contributed by atoms with E-state index in [-0.39, 0.29) is 0 Å². The Morgan fingerprint density at radius 1 is 0.565 bits per heavy atom. The number of methoxy groups -OCH3 is 1. The first-order chi connectivity index (χ1) is 11.4. The third-order valence-corrected chi connectivity index (χ3v) is 4.44. The zero-order chi connectivity index (χ0) is 16.8. The maximum absolute atomic E-state index is 4.84. The molecule has 0 aliphatic carbocycles. The molecule has 0 bridgehead atoms. The summed E-state index contributed by atoms with van der Waals surface area (Å²) in [6.45, 7) is 2.29. The molecule has 1 heteroatoms. The predicted octanol–water partition coefficient (Wildman–Crippen LogP) is 7.96. The highest BCUT2D eigenvalue weighted by Crippen LogP contribution is 2.13.